The van der Waals surface area contributed by atoms with Crippen molar-refractivity contribution in [2.24, 2.45) is 11.7 Å². The largest absolute Gasteiger partial charge is 0.369 e. The molecule has 0 aliphatic carbocycles. The monoisotopic (exact) mass is 199 g/mol. The van der Waals surface area contributed by atoms with Gasteiger partial charge in [-0.05, 0) is 33.5 Å². The van der Waals surface area contributed by atoms with Crippen LogP contribution in [0, 0.1) is 5.92 Å². The molecule has 82 valence electrons. The first-order chi connectivity index (χ1) is 6.59. The van der Waals surface area contributed by atoms with Gasteiger partial charge in [-0.3, -0.25) is 4.79 Å². The van der Waals surface area contributed by atoms with Gasteiger partial charge in [0.2, 0.25) is 5.91 Å². The highest BCUT2D eigenvalue weighted by Gasteiger charge is 2.23. The van der Waals surface area contributed by atoms with Crippen LogP contribution < -0.4 is 5.73 Å². The van der Waals surface area contributed by atoms with Crippen LogP contribution in [0.3, 0.4) is 0 Å². The van der Waals surface area contributed by atoms with Gasteiger partial charge in [-0.15, -0.1) is 0 Å². The number of hydrogen-bond donors (Lipinski definition) is 1. The van der Waals surface area contributed by atoms with Gasteiger partial charge in [-0.2, -0.15) is 0 Å². The van der Waals surface area contributed by atoms with Gasteiger partial charge in [0.05, 0.1) is 5.92 Å². The fourth-order valence-electron chi connectivity index (χ4n) is 1.83. The predicted molar refractivity (Wildman–Crippen MR) is 56.9 cm³/mol. The van der Waals surface area contributed by atoms with Crippen LogP contribution in [0.2, 0.25) is 0 Å². The number of likely N-dealkylation sites (tertiary alicyclic amines) is 1. The molecule has 1 amide bonds. The third-order valence-corrected chi connectivity index (χ3v) is 2.77. The van der Waals surface area contributed by atoms with Crippen molar-refractivity contribution in [1.29, 1.82) is 0 Å². The Morgan fingerprint density at radius 3 is 2.86 bits per heavy atom. The van der Waals surface area contributed by atoms with Gasteiger partial charge < -0.3 is 15.5 Å². The maximum absolute atomic E-state index is 11.0. The van der Waals surface area contributed by atoms with Crippen LogP contribution in [-0.4, -0.2) is 56.0 Å². The fourth-order valence-corrected chi connectivity index (χ4v) is 1.83. The smallest absolute Gasteiger partial charge is 0.221 e. The topological polar surface area (TPSA) is 49.6 Å². The summed E-state index contributed by atoms with van der Waals surface area (Å²) >= 11 is 0. The number of piperidine rings is 1. The van der Waals surface area contributed by atoms with E-state index in [4.69, 9.17) is 5.73 Å². The second kappa shape index (κ2) is 5.32. The maximum atomic E-state index is 11.0. The molecule has 0 bridgehead atoms. The minimum atomic E-state index is -0.139. The first kappa shape index (κ1) is 11.5. The zero-order valence-electron chi connectivity index (χ0n) is 9.20. The molecule has 1 fully saturated rings. The Hall–Kier alpha value is -0.610. The number of hydrogen-bond acceptors (Lipinski definition) is 3. The molecule has 1 aliphatic heterocycles. The van der Waals surface area contributed by atoms with E-state index in [0.29, 0.717) is 0 Å². The van der Waals surface area contributed by atoms with Gasteiger partial charge in [0.25, 0.3) is 0 Å². The maximum Gasteiger partial charge on any atom is 0.221 e. The Morgan fingerprint density at radius 2 is 2.29 bits per heavy atom. The molecule has 4 nitrogen and oxygen atoms in total. The quantitative estimate of drug-likeness (QED) is 0.679. The van der Waals surface area contributed by atoms with Gasteiger partial charge in [0.1, 0.15) is 0 Å². The summed E-state index contributed by atoms with van der Waals surface area (Å²) in [7, 11) is 4.13. The van der Waals surface area contributed by atoms with E-state index in [1.54, 1.807) is 0 Å². The van der Waals surface area contributed by atoms with Gasteiger partial charge in [-0.25, -0.2) is 0 Å². The highest BCUT2D eigenvalue weighted by molar-refractivity contribution is 5.76. The van der Waals surface area contributed by atoms with Crippen molar-refractivity contribution < 1.29 is 4.79 Å². The lowest BCUT2D eigenvalue weighted by molar-refractivity contribution is -0.123. The number of rotatable bonds is 4. The van der Waals surface area contributed by atoms with E-state index in [9.17, 15) is 4.79 Å². The predicted octanol–water partition coefficient (Wildman–Crippen LogP) is -0.255. The second-order valence-electron chi connectivity index (χ2n) is 4.35. The molecule has 0 saturated carbocycles. The summed E-state index contributed by atoms with van der Waals surface area (Å²) in [5.41, 5.74) is 5.31. The van der Waals surface area contributed by atoms with E-state index in [0.717, 1.165) is 39.0 Å². The number of nitrogens with two attached hydrogens (primary N) is 1. The lowest BCUT2D eigenvalue weighted by Gasteiger charge is -2.31. The summed E-state index contributed by atoms with van der Waals surface area (Å²) in [6.45, 7) is 4.04. The highest BCUT2D eigenvalue weighted by atomic mass is 16.1. The summed E-state index contributed by atoms with van der Waals surface area (Å²) in [4.78, 5) is 15.5. The van der Waals surface area contributed by atoms with E-state index in [1.807, 2.05) is 0 Å². The van der Waals surface area contributed by atoms with Crippen molar-refractivity contribution in [2.75, 3.05) is 40.3 Å². The molecule has 0 aromatic rings. The van der Waals surface area contributed by atoms with Crippen LogP contribution in [0.1, 0.15) is 12.8 Å². The van der Waals surface area contributed by atoms with Crippen LogP contribution in [-0.2, 0) is 4.79 Å². The zero-order valence-corrected chi connectivity index (χ0v) is 9.20. The molecule has 1 aliphatic rings. The number of amides is 1. The molecule has 0 aromatic heterocycles. The normalized spacial score (nSPS) is 24.1. The van der Waals surface area contributed by atoms with E-state index < -0.39 is 0 Å². The average molecular weight is 199 g/mol. The fraction of sp³-hybridized carbons (Fsp3) is 0.900. The van der Waals surface area contributed by atoms with Crippen LogP contribution in [0.5, 0.6) is 0 Å². The lowest BCUT2D eigenvalue weighted by Crippen LogP contribution is -2.43. The molecule has 1 saturated heterocycles. The van der Waals surface area contributed by atoms with Crippen LogP contribution in [0.25, 0.3) is 0 Å². The molecule has 14 heavy (non-hydrogen) atoms. The van der Waals surface area contributed by atoms with Crippen molar-refractivity contribution in [3.05, 3.63) is 0 Å². The van der Waals surface area contributed by atoms with Crippen LogP contribution in [0.15, 0.2) is 0 Å². The Kier molecular flexibility index (Phi) is 4.35. The summed E-state index contributed by atoms with van der Waals surface area (Å²) in [6, 6.07) is 0. The lowest BCUT2D eigenvalue weighted by atomic mass is 9.97. The van der Waals surface area contributed by atoms with E-state index >= 15 is 0 Å². The molecule has 1 atom stereocenters. The van der Waals surface area contributed by atoms with Crippen molar-refractivity contribution in [1.82, 2.24) is 9.80 Å². The number of carbonyl (C=O) groups excluding carboxylic acids is 1. The highest BCUT2D eigenvalue weighted by Crippen LogP contribution is 2.15. The molecular weight excluding hydrogens is 178 g/mol. The van der Waals surface area contributed by atoms with Crippen LogP contribution in [0.4, 0.5) is 0 Å². The van der Waals surface area contributed by atoms with Crippen LogP contribution >= 0.6 is 0 Å². The molecule has 4 heteroatoms. The number of carbonyl (C=O) groups is 1. The van der Waals surface area contributed by atoms with E-state index in [1.165, 1.54) is 0 Å². The molecule has 2 N–H and O–H groups in total. The van der Waals surface area contributed by atoms with Gasteiger partial charge in [0.15, 0.2) is 0 Å². The Morgan fingerprint density at radius 1 is 1.57 bits per heavy atom. The number of primary amides is 1. The second-order valence-corrected chi connectivity index (χ2v) is 4.35. The average Bonchev–Trinajstić information content (AvgIpc) is 2.15. The number of likely N-dealkylation sites (N-methyl/N-ethyl adjacent to an activating group) is 1. The SMILES string of the molecule is CN(C)CCN1CCCC(C(N)=O)C1. The van der Waals surface area contributed by atoms with E-state index in [-0.39, 0.29) is 11.8 Å². The summed E-state index contributed by atoms with van der Waals surface area (Å²) in [6.07, 6.45) is 2.06. The van der Waals surface area contributed by atoms with Crippen molar-refractivity contribution in [3.8, 4) is 0 Å². The minimum Gasteiger partial charge on any atom is -0.369 e. The standard InChI is InChI=1S/C10H21N3O/c1-12(2)6-7-13-5-3-4-9(8-13)10(11)14/h9H,3-8H2,1-2H3,(H2,11,14). The molecule has 0 aromatic carbocycles. The molecule has 1 heterocycles. The minimum absolute atomic E-state index is 0.0749. The van der Waals surface area contributed by atoms with Gasteiger partial charge in [0, 0.05) is 19.6 Å². The summed E-state index contributed by atoms with van der Waals surface area (Å²) in [5.74, 6) is -0.0644. The molecule has 0 spiro atoms. The first-order valence-electron chi connectivity index (χ1n) is 5.26. The molecular formula is C10H21N3O. The Labute approximate surface area is 86.0 Å². The Bertz CT molecular complexity index is 194. The molecule has 1 rings (SSSR count). The summed E-state index contributed by atoms with van der Waals surface area (Å²) < 4.78 is 0. The zero-order chi connectivity index (χ0) is 10.6. The summed E-state index contributed by atoms with van der Waals surface area (Å²) in [5, 5.41) is 0. The molecule has 0 radical (unpaired) electrons. The van der Waals surface area contributed by atoms with Crippen molar-refractivity contribution in [2.45, 2.75) is 12.8 Å². The third-order valence-electron chi connectivity index (χ3n) is 2.77. The number of nitrogens with zero attached hydrogens (tertiary/aromatic N) is 2. The van der Waals surface area contributed by atoms with Crippen molar-refractivity contribution >= 4 is 5.91 Å². The van der Waals surface area contributed by atoms with Gasteiger partial charge in [-0.1, -0.05) is 0 Å². The van der Waals surface area contributed by atoms with Crippen molar-refractivity contribution in [3.63, 3.8) is 0 Å². The third kappa shape index (κ3) is 3.64. The Balaban J connectivity index is 2.29. The first-order valence-corrected chi connectivity index (χ1v) is 5.26. The van der Waals surface area contributed by atoms with Gasteiger partial charge >= 0.3 is 0 Å². The molecule has 1 unspecified atom stereocenters. The van der Waals surface area contributed by atoms with E-state index in [2.05, 4.69) is 23.9 Å².